The van der Waals surface area contributed by atoms with Crippen LogP contribution in [0.15, 0.2) is 41.3 Å². The Hall–Kier alpha value is -2.73. The standard InChI is InChI=1S/C23H25N3O3/c1-23(29)10-8-16(9-11-23)24-21(27)17-3-2-12-26-20(17)25-19-7-6-15(14-4-5-14)13-18(19)22(26)28/h2-3,6-7,12-14,16,29H,4-5,8-11H2,1H3,(H,24,27). The molecule has 2 aliphatic carbocycles. The van der Waals surface area contributed by atoms with Crippen molar-refractivity contribution in [3.05, 3.63) is 58.0 Å². The summed E-state index contributed by atoms with van der Waals surface area (Å²) in [5.74, 6) is 0.336. The van der Waals surface area contributed by atoms with Crippen LogP contribution in [-0.4, -0.2) is 32.0 Å². The lowest BCUT2D eigenvalue weighted by molar-refractivity contribution is 0.0140. The van der Waals surface area contributed by atoms with Crippen molar-refractivity contribution in [2.24, 2.45) is 0 Å². The van der Waals surface area contributed by atoms with E-state index in [2.05, 4.69) is 10.3 Å². The highest BCUT2D eigenvalue weighted by atomic mass is 16.3. The van der Waals surface area contributed by atoms with Gasteiger partial charge in [-0.25, -0.2) is 4.98 Å². The van der Waals surface area contributed by atoms with Gasteiger partial charge in [-0.1, -0.05) is 6.07 Å². The van der Waals surface area contributed by atoms with E-state index in [1.807, 2.05) is 25.1 Å². The smallest absolute Gasteiger partial charge is 0.265 e. The van der Waals surface area contributed by atoms with Gasteiger partial charge in [-0.3, -0.25) is 14.0 Å². The number of hydrogen-bond acceptors (Lipinski definition) is 4. The van der Waals surface area contributed by atoms with Crippen LogP contribution in [0.2, 0.25) is 0 Å². The van der Waals surface area contributed by atoms with Gasteiger partial charge in [0.1, 0.15) is 0 Å². The monoisotopic (exact) mass is 391 g/mol. The molecule has 2 fully saturated rings. The molecule has 2 aliphatic rings. The Bertz CT molecular complexity index is 1170. The van der Waals surface area contributed by atoms with Crippen LogP contribution in [0.5, 0.6) is 0 Å². The maximum atomic E-state index is 13.1. The van der Waals surface area contributed by atoms with Crippen LogP contribution >= 0.6 is 0 Å². The number of aromatic nitrogens is 2. The van der Waals surface area contributed by atoms with Crippen LogP contribution in [0.25, 0.3) is 16.6 Å². The number of pyridine rings is 1. The van der Waals surface area contributed by atoms with E-state index in [0.717, 1.165) is 12.8 Å². The number of hydrogen-bond donors (Lipinski definition) is 2. The van der Waals surface area contributed by atoms with Gasteiger partial charge in [-0.2, -0.15) is 0 Å². The van der Waals surface area contributed by atoms with E-state index in [1.165, 1.54) is 22.8 Å². The second-order valence-electron chi connectivity index (χ2n) is 8.83. The molecular weight excluding hydrogens is 366 g/mol. The number of rotatable bonds is 3. The third-order valence-corrected chi connectivity index (χ3v) is 6.35. The van der Waals surface area contributed by atoms with Gasteiger partial charge in [0.25, 0.3) is 11.5 Å². The second-order valence-corrected chi connectivity index (χ2v) is 8.83. The summed E-state index contributed by atoms with van der Waals surface area (Å²) in [7, 11) is 0. The minimum atomic E-state index is -0.645. The molecule has 0 spiro atoms. The zero-order chi connectivity index (χ0) is 20.2. The number of aliphatic hydroxyl groups is 1. The first-order chi connectivity index (χ1) is 13.9. The molecule has 2 heterocycles. The Morgan fingerprint density at radius 1 is 1.21 bits per heavy atom. The SMILES string of the molecule is CC1(O)CCC(NC(=O)c2cccn3c(=O)c4cc(C5CC5)ccc4nc23)CC1. The molecule has 2 saturated carbocycles. The van der Waals surface area contributed by atoms with Gasteiger partial charge in [0.15, 0.2) is 5.65 Å². The number of carbonyl (C=O) groups excluding carboxylic acids is 1. The van der Waals surface area contributed by atoms with Crippen molar-refractivity contribution in [3.63, 3.8) is 0 Å². The molecule has 2 aromatic heterocycles. The lowest BCUT2D eigenvalue weighted by atomic mass is 9.83. The van der Waals surface area contributed by atoms with Gasteiger partial charge in [0.2, 0.25) is 0 Å². The minimum Gasteiger partial charge on any atom is -0.390 e. The Labute approximate surface area is 168 Å². The van der Waals surface area contributed by atoms with E-state index in [9.17, 15) is 14.7 Å². The highest BCUT2D eigenvalue weighted by molar-refractivity contribution is 6.00. The van der Waals surface area contributed by atoms with Crippen LogP contribution in [-0.2, 0) is 0 Å². The Morgan fingerprint density at radius 3 is 2.69 bits per heavy atom. The number of nitrogens with zero attached hydrogens (tertiary/aromatic N) is 2. The highest BCUT2D eigenvalue weighted by Crippen LogP contribution is 2.40. The van der Waals surface area contributed by atoms with E-state index in [0.29, 0.717) is 40.9 Å². The maximum Gasteiger partial charge on any atom is 0.265 e. The lowest BCUT2D eigenvalue weighted by Gasteiger charge is -2.33. The number of carbonyl (C=O) groups is 1. The molecule has 0 aliphatic heterocycles. The van der Waals surface area contributed by atoms with Crippen molar-refractivity contribution < 1.29 is 9.90 Å². The van der Waals surface area contributed by atoms with Crippen molar-refractivity contribution in [2.75, 3.05) is 0 Å². The van der Waals surface area contributed by atoms with Crippen LogP contribution in [0.1, 0.15) is 67.3 Å². The van der Waals surface area contributed by atoms with E-state index in [4.69, 9.17) is 0 Å². The zero-order valence-corrected chi connectivity index (χ0v) is 16.5. The average Bonchev–Trinajstić information content (AvgIpc) is 3.54. The van der Waals surface area contributed by atoms with E-state index < -0.39 is 5.60 Å². The van der Waals surface area contributed by atoms with Gasteiger partial charge < -0.3 is 10.4 Å². The van der Waals surface area contributed by atoms with Gasteiger partial charge in [-0.15, -0.1) is 0 Å². The minimum absolute atomic E-state index is 0.0243. The fourth-order valence-electron chi connectivity index (χ4n) is 4.34. The van der Waals surface area contributed by atoms with Crippen molar-refractivity contribution in [1.29, 1.82) is 0 Å². The van der Waals surface area contributed by atoms with E-state index in [-0.39, 0.29) is 17.5 Å². The molecule has 6 heteroatoms. The quantitative estimate of drug-likeness (QED) is 0.672. The van der Waals surface area contributed by atoms with Crippen molar-refractivity contribution >= 4 is 22.5 Å². The summed E-state index contributed by atoms with van der Waals surface area (Å²) in [4.78, 5) is 30.7. The molecule has 6 nitrogen and oxygen atoms in total. The largest absolute Gasteiger partial charge is 0.390 e. The third kappa shape index (κ3) is 3.42. The lowest BCUT2D eigenvalue weighted by Crippen LogP contribution is -2.42. The summed E-state index contributed by atoms with van der Waals surface area (Å²) in [5.41, 5.74) is 1.80. The van der Waals surface area contributed by atoms with Crippen LogP contribution in [0.4, 0.5) is 0 Å². The maximum absolute atomic E-state index is 13.1. The predicted molar refractivity (Wildman–Crippen MR) is 111 cm³/mol. The molecule has 0 saturated heterocycles. The van der Waals surface area contributed by atoms with Crippen LogP contribution in [0.3, 0.4) is 0 Å². The normalized spacial score (nSPS) is 24.7. The molecule has 0 atom stereocenters. The third-order valence-electron chi connectivity index (χ3n) is 6.35. The fourth-order valence-corrected chi connectivity index (χ4v) is 4.34. The molecule has 0 bridgehead atoms. The predicted octanol–water partition coefficient (Wildman–Crippen LogP) is 3.15. The average molecular weight is 391 g/mol. The van der Waals surface area contributed by atoms with Crippen molar-refractivity contribution in [3.8, 4) is 0 Å². The van der Waals surface area contributed by atoms with Crippen molar-refractivity contribution in [1.82, 2.24) is 14.7 Å². The molecule has 2 N–H and O–H groups in total. The van der Waals surface area contributed by atoms with E-state index >= 15 is 0 Å². The molecular formula is C23H25N3O3. The number of benzene rings is 1. The van der Waals surface area contributed by atoms with E-state index in [1.54, 1.807) is 18.3 Å². The topological polar surface area (TPSA) is 83.7 Å². The Kier molecular flexibility index (Phi) is 4.21. The summed E-state index contributed by atoms with van der Waals surface area (Å²) in [6, 6.07) is 9.33. The first-order valence-electron chi connectivity index (χ1n) is 10.4. The summed E-state index contributed by atoms with van der Waals surface area (Å²) in [6.07, 6.45) is 6.83. The molecule has 3 aromatic rings. The first-order valence-corrected chi connectivity index (χ1v) is 10.4. The number of amides is 1. The Balaban J connectivity index is 1.51. The molecule has 1 amide bonds. The highest BCUT2D eigenvalue weighted by Gasteiger charge is 2.30. The second kappa shape index (κ2) is 6.66. The van der Waals surface area contributed by atoms with Gasteiger partial charge in [0, 0.05) is 12.2 Å². The van der Waals surface area contributed by atoms with Crippen LogP contribution in [0, 0.1) is 0 Å². The summed E-state index contributed by atoms with van der Waals surface area (Å²) >= 11 is 0. The first kappa shape index (κ1) is 18.3. The van der Waals surface area contributed by atoms with Gasteiger partial charge >= 0.3 is 0 Å². The summed E-state index contributed by atoms with van der Waals surface area (Å²) < 4.78 is 1.47. The summed E-state index contributed by atoms with van der Waals surface area (Å²) in [6.45, 7) is 1.84. The van der Waals surface area contributed by atoms with Gasteiger partial charge in [-0.05, 0) is 81.2 Å². The number of nitrogens with one attached hydrogen (secondary N) is 1. The zero-order valence-electron chi connectivity index (χ0n) is 16.5. The molecule has 5 rings (SSSR count). The van der Waals surface area contributed by atoms with Crippen LogP contribution < -0.4 is 10.9 Å². The van der Waals surface area contributed by atoms with Gasteiger partial charge in [0.05, 0.1) is 22.1 Å². The Morgan fingerprint density at radius 2 is 1.97 bits per heavy atom. The molecule has 29 heavy (non-hydrogen) atoms. The molecule has 0 radical (unpaired) electrons. The fraction of sp³-hybridized carbons (Fsp3) is 0.435. The summed E-state index contributed by atoms with van der Waals surface area (Å²) in [5, 5.41) is 13.8. The molecule has 150 valence electrons. The molecule has 1 aromatic carbocycles. The molecule has 0 unspecified atom stereocenters. The van der Waals surface area contributed by atoms with Crippen molar-refractivity contribution in [2.45, 2.75) is 63.0 Å². The number of fused-ring (bicyclic) bond motifs is 2.